The van der Waals surface area contributed by atoms with Crippen LogP contribution in [0.15, 0.2) is 29.2 Å². The van der Waals surface area contributed by atoms with Crippen molar-refractivity contribution in [2.75, 3.05) is 0 Å². The van der Waals surface area contributed by atoms with Crippen LogP contribution in [0.5, 0.6) is 0 Å². The maximum Gasteiger partial charge on any atom is 0.334 e. The van der Waals surface area contributed by atoms with Gasteiger partial charge in [0, 0.05) is 10.4 Å². The van der Waals surface area contributed by atoms with Gasteiger partial charge in [0.25, 0.3) is 0 Å². The van der Waals surface area contributed by atoms with Gasteiger partial charge in [-0.2, -0.15) is 11.4 Å². The highest BCUT2D eigenvalue weighted by Crippen LogP contribution is 2.14. The minimum atomic E-state index is -0.911. The molecule has 1 aromatic rings. The van der Waals surface area contributed by atoms with Gasteiger partial charge in [0.1, 0.15) is 0 Å². The molecule has 64 valence electrons. The van der Waals surface area contributed by atoms with Crippen molar-refractivity contribution in [3.05, 3.63) is 29.3 Å². The summed E-state index contributed by atoms with van der Waals surface area (Å²) in [6.07, 6.45) is 0. The smallest absolute Gasteiger partial charge is 0.334 e. The van der Waals surface area contributed by atoms with Gasteiger partial charge < -0.3 is 5.11 Å². The third kappa shape index (κ3) is 3.07. The normalized spacial score (nSPS) is 11.1. The Balaban J connectivity index is 2.77. The molecule has 0 fully saturated rings. The summed E-state index contributed by atoms with van der Waals surface area (Å²) in [6, 6.07) is 7.06. The van der Waals surface area contributed by atoms with Crippen molar-refractivity contribution >= 4 is 34.3 Å². The monoisotopic (exact) mass is 202 g/mol. The second kappa shape index (κ2) is 4.28. The van der Waals surface area contributed by atoms with Gasteiger partial charge in [0.05, 0.1) is 0 Å². The highest BCUT2D eigenvalue weighted by Gasteiger charge is 1.88. The Hall–Kier alpha value is -0.800. The van der Waals surface area contributed by atoms with Crippen LogP contribution in [0, 0.1) is 0 Å². The number of hydrogen-bond donors (Lipinski definition) is 2. The van der Waals surface area contributed by atoms with Crippen LogP contribution in [0.25, 0.3) is 0 Å². The van der Waals surface area contributed by atoms with Crippen molar-refractivity contribution in [3.8, 4) is 0 Å². The lowest BCUT2D eigenvalue weighted by molar-refractivity contribution is -0.128. The van der Waals surface area contributed by atoms with E-state index in [4.69, 9.17) is 16.7 Å². The molecule has 0 aromatic heterocycles. The number of rotatable bonds is 2. The number of carboxylic acid groups (broad SMARTS) is 1. The first-order valence-corrected chi connectivity index (χ1v) is 4.55. The van der Waals surface area contributed by atoms with E-state index in [2.05, 4.69) is 0 Å². The number of hydrogen-bond acceptors (Lipinski definition) is 1. The Kier molecular flexibility index (Phi) is 3.31. The number of benzene rings is 1. The first-order valence-electron chi connectivity index (χ1n) is 3.21. The highest BCUT2D eigenvalue weighted by molar-refractivity contribution is 7.98. The summed E-state index contributed by atoms with van der Waals surface area (Å²) in [4.78, 5) is 11.1. The van der Waals surface area contributed by atoms with Gasteiger partial charge in [-0.1, -0.05) is 11.6 Å². The zero-order chi connectivity index (χ0) is 8.97. The van der Waals surface area contributed by atoms with E-state index < -0.39 is 5.97 Å². The molecule has 0 spiro atoms. The van der Waals surface area contributed by atoms with Gasteiger partial charge in [-0.05, 0) is 29.2 Å². The fourth-order valence-corrected chi connectivity index (χ4v) is 1.36. The molecule has 1 aromatic carbocycles. The molecular weight excluding hydrogens is 196 g/mol. The predicted molar refractivity (Wildman–Crippen MR) is 52.4 cm³/mol. The Morgan fingerprint density at radius 1 is 1.42 bits per heavy atom. The maximum absolute atomic E-state index is 10.2. The molecule has 1 rings (SSSR count). The molecule has 4 heteroatoms. The van der Waals surface area contributed by atoms with Gasteiger partial charge in [-0.3, -0.25) is 0 Å². The largest absolute Gasteiger partial charge is 0.478 e. The zero-order valence-corrected chi connectivity index (χ0v) is 7.72. The Morgan fingerprint density at radius 2 is 2.00 bits per heavy atom. The van der Waals surface area contributed by atoms with Crippen LogP contribution >= 0.6 is 23.0 Å². The molecule has 12 heavy (non-hydrogen) atoms. The van der Waals surface area contributed by atoms with Crippen LogP contribution in [-0.2, 0) is 4.79 Å². The zero-order valence-electron chi connectivity index (χ0n) is 6.07. The van der Waals surface area contributed by atoms with Crippen molar-refractivity contribution in [1.29, 1.82) is 0 Å². The third-order valence-corrected chi connectivity index (χ3v) is 2.35. The van der Waals surface area contributed by atoms with Crippen molar-refractivity contribution < 1.29 is 9.90 Å². The second-order valence-corrected chi connectivity index (χ2v) is 3.54. The summed E-state index contributed by atoms with van der Waals surface area (Å²) in [5.74, 6) is -0.911. The van der Waals surface area contributed by atoms with Crippen LogP contribution in [0.4, 0.5) is 0 Å². The Labute approximate surface area is 78.7 Å². The number of halogens is 1. The fraction of sp³-hybridized carbons (Fsp3) is 0. The molecule has 1 N–H and O–H groups in total. The highest BCUT2D eigenvalue weighted by atomic mass is 35.5. The van der Waals surface area contributed by atoms with Crippen LogP contribution in [0.2, 0.25) is 5.02 Å². The molecule has 0 bridgehead atoms. The Morgan fingerprint density at radius 3 is 2.50 bits per heavy atom. The fourth-order valence-electron chi connectivity index (χ4n) is 0.657. The van der Waals surface area contributed by atoms with E-state index in [0.29, 0.717) is 16.4 Å². The Bertz CT molecular complexity index is 305. The minimum absolute atomic E-state index is 0.657. The van der Waals surface area contributed by atoms with Crippen LogP contribution < -0.4 is 0 Å². The van der Waals surface area contributed by atoms with E-state index in [1.165, 1.54) is 5.37 Å². The number of carboxylic acids is 1. The molecule has 0 heterocycles. The van der Waals surface area contributed by atoms with Gasteiger partial charge in [0.15, 0.2) is 0 Å². The number of aliphatic carboxylic acids is 1. The first-order chi connectivity index (χ1) is 5.68. The minimum Gasteiger partial charge on any atom is -0.478 e. The van der Waals surface area contributed by atoms with Crippen molar-refractivity contribution in [1.82, 2.24) is 0 Å². The molecule has 0 saturated heterocycles. The topological polar surface area (TPSA) is 37.3 Å². The summed E-state index contributed by atoms with van der Waals surface area (Å²) in [6.45, 7) is 0. The molecule has 2 nitrogen and oxygen atoms in total. The molecule has 0 amide bonds. The second-order valence-electron chi connectivity index (χ2n) is 2.07. The van der Waals surface area contributed by atoms with E-state index >= 15 is 0 Å². The molecule has 0 radical (unpaired) electrons. The van der Waals surface area contributed by atoms with Crippen molar-refractivity contribution in [2.24, 2.45) is 0 Å². The predicted octanol–water partition coefficient (Wildman–Crippen LogP) is 2.05. The summed E-state index contributed by atoms with van der Waals surface area (Å²) < 4.78 is 0. The quantitative estimate of drug-likeness (QED) is 0.569. The van der Waals surface area contributed by atoms with Gasteiger partial charge in [-0.15, -0.1) is 0 Å². The molecule has 0 aliphatic rings. The number of carbonyl (C=O) groups is 1. The average Bonchev–Trinajstić information content (AvgIpc) is 2.03. The van der Waals surface area contributed by atoms with Crippen LogP contribution in [-0.4, -0.2) is 16.4 Å². The van der Waals surface area contributed by atoms with E-state index in [-0.39, 0.29) is 0 Å². The molecule has 0 saturated carbocycles. The lowest BCUT2D eigenvalue weighted by Gasteiger charge is -1.91. The standard InChI is InChI=1S/C8H7ClO2S/c9-6-1-3-7(4-2-6)12-5-8(10)11/h1-5,12H,(H,10,11). The molecular formula is C8H7ClO2S. The van der Waals surface area contributed by atoms with E-state index in [0.717, 1.165) is 4.90 Å². The van der Waals surface area contributed by atoms with Crippen LogP contribution in [0.1, 0.15) is 0 Å². The van der Waals surface area contributed by atoms with E-state index in [1.54, 1.807) is 24.3 Å². The summed E-state index contributed by atoms with van der Waals surface area (Å²) >= 11 is 6.32. The first kappa shape index (κ1) is 9.29. The SMILES string of the molecule is O=C(O)C=[SH]c1ccc(Cl)cc1. The van der Waals surface area contributed by atoms with Crippen molar-refractivity contribution in [2.45, 2.75) is 4.90 Å². The van der Waals surface area contributed by atoms with Crippen LogP contribution in [0.3, 0.4) is 0 Å². The lowest BCUT2D eigenvalue weighted by Crippen LogP contribution is -1.91. The summed E-state index contributed by atoms with van der Waals surface area (Å²) in [5, 5.41) is 10.2. The summed E-state index contributed by atoms with van der Waals surface area (Å²) in [5.41, 5.74) is 0. The van der Waals surface area contributed by atoms with Gasteiger partial charge in [-0.25, -0.2) is 4.79 Å². The van der Waals surface area contributed by atoms with Gasteiger partial charge in [0.2, 0.25) is 0 Å². The number of thiol groups is 1. The molecule has 0 aliphatic heterocycles. The molecule has 0 aliphatic carbocycles. The molecule has 0 atom stereocenters. The third-order valence-electron chi connectivity index (χ3n) is 1.15. The lowest BCUT2D eigenvalue weighted by atomic mass is 10.4. The summed E-state index contributed by atoms with van der Waals surface area (Å²) in [7, 11) is 0. The van der Waals surface area contributed by atoms with Crippen molar-refractivity contribution in [3.63, 3.8) is 0 Å². The van der Waals surface area contributed by atoms with Gasteiger partial charge >= 0.3 is 5.97 Å². The molecule has 0 unspecified atom stereocenters. The van der Waals surface area contributed by atoms with E-state index in [9.17, 15) is 4.79 Å². The van der Waals surface area contributed by atoms with E-state index in [1.807, 2.05) is 0 Å². The average molecular weight is 203 g/mol. The maximum atomic E-state index is 10.2.